The first-order valence-electron chi connectivity index (χ1n) is 8.17. The molecule has 6 nitrogen and oxygen atoms in total. The Morgan fingerprint density at radius 1 is 1.12 bits per heavy atom. The second-order valence-electron chi connectivity index (χ2n) is 6.21. The first kappa shape index (κ1) is 17.1. The molecule has 0 saturated heterocycles. The predicted molar refractivity (Wildman–Crippen MR) is 96.0 cm³/mol. The molecule has 0 fully saturated rings. The fraction of sp³-hybridized carbons (Fsp3) is 0.316. The van der Waals surface area contributed by atoms with Gasteiger partial charge in [0.2, 0.25) is 0 Å². The highest BCUT2D eigenvalue weighted by Crippen LogP contribution is 2.25. The Bertz CT molecular complexity index is 966. The number of hydrogen-bond donors (Lipinski definition) is 1. The van der Waals surface area contributed by atoms with Gasteiger partial charge in [-0.15, -0.1) is 5.10 Å². The van der Waals surface area contributed by atoms with Crippen molar-refractivity contribution >= 4 is 10.9 Å². The number of aryl methyl sites for hydroxylation is 2. The second-order valence-corrected chi connectivity index (χ2v) is 6.21. The van der Waals surface area contributed by atoms with Crippen molar-refractivity contribution in [1.82, 2.24) is 15.0 Å². The highest BCUT2D eigenvalue weighted by molar-refractivity contribution is 5.76. The number of benzene rings is 2. The van der Waals surface area contributed by atoms with Crippen molar-refractivity contribution in [1.29, 1.82) is 0 Å². The lowest BCUT2D eigenvalue weighted by molar-refractivity contribution is 0.0866. The molecule has 1 heterocycles. The van der Waals surface area contributed by atoms with Gasteiger partial charge in [0, 0.05) is 0 Å². The van der Waals surface area contributed by atoms with Crippen molar-refractivity contribution < 1.29 is 9.84 Å². The average Bonchev–Trinajstić information content (AvgIpc) is 2.61. The number of aliphatic hydroxyl groups is 1. The summed E-state index contributed by atoms with van der Waals surface area (Å²) in [5.41, 5.74) is 3.47. The summed E-state index contributed by atoms with van der Waals surface area (Å²) in [6.45, 7) is 6.08. The van der Waals surface area contributed by atoms with E-state index in [-0.39, 0.29) is 18.7 Å². The topological polar surface area (TPSA) is 77.2 Å². The summed E-state index contributed by atoms with van der Waals surface area (Å²) in [5, 5.41) is 18.6. The van der Waals surface area contributed by atoms with E-state index in [4.69, 9.17) is 4.74 Å². The summed E-state index contributed by atoms with van der Waals surface area (Å²) >= 11 is 0. The van der Waals surface area contributed by atoms with Crippen molar-refractivity contribution in [2.24, 2.45) is 0 Å². The van der Waals surface area contributed by atoms with Gasteiger partial charge in [-0.1, -0.05) is 29.5 Å². The summed E-state index contributed by atoms with van der Waals surface area (Å²) in [5.74, 6) is 0.774. The molecule has 1 aromatic heterocycles. The number of rotatable bonds is 5. The van der Waals surface area contributed by atoms with E-state index in [1.165, 1.54) is 4.68 Å². The minimum Gasteiger partial charge on any atom is -0.490 e. The maximum Gasteiger partial charge on any atom is 0.277 e. The smallest absolute Gasteiger partial charge is 0.277 e. The predicted octanol–water partition coefficient (Wildman–Crippen LogP) is 2.16. The molecule has 0 aliphatic carbocycles. The van der Waals surface area contributed by atoms with Gasteiger partial charge < -0.3 is 9.84 Å². The van der Waals surface area contributed by atoms with Crippen LogP contribution in [0.2, 0.25) is 0 Å². The summed E-state index contributed by atoms with van der Waals surface area (Å²) < 4.78 is 6.97. The highest BCUT2D eigenvalue weighted by atomic mass is 16.5. The molecule has 0 radical (unpaired) electrons. The first-order valence-corrected chi connectivity index (χ1v) is 8.17. The molecular formula is C19H21N3O3. The highest BCUT2D eigenvalue weighted by Gasteiger charge is 2.13. The molecular weight excluding hydrogens is 318 g/mol. The van der Waals surface area contributed by atoms with E-state index < -0.39 is 6.10 Å². The molecule has 25 heavy (non-hydrogen) atoms. The number of nitrogens with zero attached hydrogens (tertiary/aromatic N) is 3. The molecule has 3 aromatic rings. The molecule has 2 aromatic carbocycles. The van der Waals surface area contributed by atoms with Crippen LogP contribution in [0, 0.1) is 20.8 Å². The van der Waals surface area contributed by atoms with Gasteiger partial charge in [0.05, 0.1) is 11.9 Å². The van der Waals surface area contributed by atoms with Crippen molar-refractivity contribution in [2.45, 2.75) is 33.4 Å². The standard InChI is InChI=1S/C19H21N3O3/c1-12-8-9-13(2)18(14(12)3)25-11-15(23)10-22-19(24)16-6-4-5-7-17(16)20-21-22/h4-9,15,23H,10-11H2,1-3H3. The van der Waals surface area contributed by atoms with Crippen LogP contribution in [-0.2, 0) is 6.54 Å². The van der Waals surface area contributed by atoms with Crippen molar-refractivity contribution in [3.63, 3.8) is 0 Å². The minimum atomic E-state index is -0.868. The first-order chi connectivity index (χ1) is 12.0. The van der Waals surface area contributed by atoms with Gasteiger partial charge in [0.25, 0.3) is 5.56 Å². The van der Waals surface area contributed by atoms with Gasteiger partial charge in [-0.2, -0.15) is 0 Å². The fourth-order valence-corrected chi connectivity index (χ4v) is 2.72. The fourth-order valence-electron chi connectivity index (χ4n) is 2.72. The SMILES string of the molecule is Cc1ccc(C)c(OCC(O)Cn2nnc3ccccc3c2=O)c1C. The molecule has 130 valence electrons. The summed E-state index contributed by atoms with van der Waals surface area (Å²) in [6, 6.07) is 11.0. The van der Waals surface area contributed by atoms with Gasteiger partial charge in [-0.05, 0) is 49.6 Å². The zero-order valence-electron chi connectivity index (χ0n) is 14.6. The quantitative estimate of drug-likeness (QED) is 0.771. The largest absolute Gasteiger partial charge is 0.490 e. The lowest BCUT2D eigenvalue weighted by Gasteiger charge is -2.17. The summed E-state index contributed by atoms with van der Waals surface area (Å²) in [6.07, 6.45) is -0.868. The zero-order chi connectivity index (χ0) is 18.0. The lowest BCUT2D eigenvalue weighted by atomic mass is 10.1. The average molecular weight is 339 g/mol. The van der Waals surface area contributed by atoms with Crippen LogP contribution >= 0.6 is 0 Å². The van der Waals surface area contributed by atoms with Crippen LogP contribution < -0.4 is 10.3 Å². The molecule has 0 bridgehead atoms. The summed E-state index contributed by atoms with van der Waals surface area (Å²) in [7, 11) is 0. The van der Waals surface area contributed by atoms with Gasteiger partial charge >= 0.3 is 0 Å². The number of aliphatic hydroxyl groups excluding tert-OH is 1. The van der Waals surface area contributed by atoms with Crippen molar-refractivity contribution in [2.75, 3.05) is 6.61 Å². The molecule has 0 aliphatic rings. The number of aromatic nitrogens is 3. The van der Waals surface area contributed by atoms with Crippen molar-refractivity contribution in [3.8, 4) is 5.75 Å². The van der Waals surface area contributed by atoms with E-state index in [0.717, 1.165) is 22.4 Å². The molecule has 1 atom stereocenters. The van der Waals surface area contributed by atoms with Crippen LogP contribution in [0.1, 0.15) is 16.7 Å². The van der Waals surface area contributed by atoms with Gasteiger partial charge in [0.15, 0.2) is 0 Å². The number of hydrogen-bond acceptors (Lipinski definition) is 5. The van der Waals surface area contributed by atoms with Crippen molar-refractivity contribution in [3.05, 3.63) is 63.4 Å². The molecule has 3 rings (SSSR count). The normalized spacial score (nSPS) is 12.3. The number of ether oxygens (including phenoxy) is 1. The molecule has 6 heteroatoms. The van der Waals surface area contributed by atoms with E-state index in [1.807, 2.05) is 32.9 Å². The third kappa shape index (κ3) is 3.53. The maximum absolute atomic E-state index is 12.4. The third-order valence-electron chi connectivity index (χ3n) is 4.31. The minimum absolute atomic E-state index is 0.0284. The van der Waals surface area contributed by atoms with Crippen LogP contribution in [-0.4, -0.2) is 32.8 Å². The molecule has 0 spiro atoms. The Kier molecular flexibility index (Phi) is 4.81. The van der Waals surface area contributed by atoms with Crippen LogP contribution in [0.5, 0.6) is 5.75 Å². The van der Waals surface area contributed by atoms with Gasteiger partial charge in [-0.25, -0.2) is 4.68 Å². The van der Waals surface area contributed by atoms with Crippen LogP contribution in [0.3, 0.4) is 0 Å². The Balaban J connectivity index is 1.74. The third-order valence-corrected chi connectivity index (χ3v) is 4.31. The molecule has 0 amide bonds. The Hall–Kier alpha value is -2.73. The van der Waals surface area contributed by atoms with E-state index in [2.05, 4.69) is 10.3 Å². The van der Waals surface area contributed by atoms with Crippen LogP contribution in [0.4, 0.5) is 0 Å². The van der Waals surface area contributed by atoms with Crippen LogP contribution in [0.25, 0.3) is 10.9 Å². The summed E-state index contributed by atoms with van der Waals surface area (Å²) in [4.78, 5) is 12.4. The molecule has 0 saturated carbocycles. The Labute approximate surface area is 145 Å². The molecule has 0 aliphatic heterocycles. The van der Waals surface area contributed by atoms with Gasteiger partial charge in [0.1, 0.15) is 24.0 Å². The van der Waals surface area contributed by atoms with Gasteiger partial charge in [-0.3, -0.25) is 4.79 Å². The molecule has 1 N–H and O–H groups in total. The lowest BCUT2D eigenvalue weighted by Crippen LogP contribution is -2.32. The van der Waals surface area contributed by atoms with E-state index in [1.54, 1.807) is 24.3 Å². The zero-order valence-corrected chi connectivity index (χ0v) is 14.6. The Morgan fingerprint density at radius 2 is 1.84 bits per heavy atom. The maximum atomic E-state index is 12.4. The number of fused-ring (bicyclic) bond motifs is 1. The van der Waals surface area contributed by atoms with E-state index >= 15 is 0 Å². The molecule has 1 unspecified atom stereocenters. The second kappa shape index (κ2) is 7.03. The monoisotopic (exact) mass is 339 g/mol. The Morgan fingerprint density at radius 3 is 2.64 bits per heavy atom. The van der Waals surface area contributed by atoms with E-state index in [0.29, 0.717) is 10.9 Å². The van der Waals surface area contributed by atoms with E-state index in [9.17, 15) is 9.90 Å². The van der Waals surface area contributed by atoms with Crippen LogP contribution in [0.15, 0.2) is 41.2 Å².